The van der Waals surface area contributed by atoms with Gasteiger partial charge in [0.2, 0.25) is 27.7 Å². The van der Waals surface area contributed by atoms with Gasteiger partial charge in [0.25, 0.3) is 26.1 Å². The lowest BCUT2D eigenvalue weighted by Gasteiger charge is -2.19. The molecule has 0 saturated heterocycles. The number of carbonyl (C=O) groups excluding carboxylic acids is 4. The van der Waals surface area contributed by atoms with E-state index in [1.807, 2.05) is 17.4 Å². The average Bonchev–Trinajstić information content (AvgIpc) is 3.69. The van der Waals surface area contributed by atoms with Gasteiger partial charge in [-0.15, -0.1) is 11.3 Å². The van der Waals surface area contributed by atoms with Gasteiger partial charge >= 0.3 is 5.97 Å². The molecule has 3 heterocycles. The van der Waals surface area contributed by atoms with Crippen LogP contribution in [0.25, 0.3) is 0 Å². The van der Waals surface area contributed by atoms with Gasteiger partial charge in [-0.05, 0) is 93.0 Å². The summed E-state index contributed by atoms with van der Waals surface area (Å²) in [4.78, 5) is 67.8. The van der Waals surface area contributed by atoms with Crippen molar-refractivity contribution in [1.29, 1.82) is 0 Å². The number of thiophene rings is 1. The van der Waals surface area contributed by atoms with Gasteiger partial charge in [-0.1, -0.05) is 6.07 Å². The number of pyridine rings is 1. The smallest absolute Gasteiger partial charge is 0.323 e. The van der Waals surface area contributed by atoms with Gasteiger partial charge in [-0.3, -0.25) is 33.1 Å². The number of anilines is 1. The Balaban J connectivity index is 1.20. The molecule has 3 aromatic rings. The SMILES string of the molecule is Cc1cc(OCCCC(=O)NCCNC(=O)C(CS(=O)(=O)O)NC(=O)[C@@H](N)CS(=O)(=O)O)cc(C)c1S(=O)(=O)N[C@@H](CNC(=O)c1ccc(CCc2ccc3c(n2)NCCC3)s1)C(=O)O. The van der Waals surface area contributed by atoms with Gasteiger partial charge in [0, 0.05) is 43.2 Å². The van der Waals surface area contributed by atoms with Gasteiger partial charge < -0.3 is 42.2 Å². The number of rotatable bonds is 25. The maximum Gasteiger partial charge on any atom is 0.323 e. The summed E-state index contributed by atoms with van der Waals surface area (Å²) in [6.45, 7) is 2.92. The van der Waals surface area contributed by atoms with Crippen LogP contribution in [0.5, 0.6) is 5.75 Å². The molecule has 0 radical (unpaired) electrons. The molecule has 4 amide bonds. The van der Waals surface area contributed by atoms with E-state index in [1.165, 1.54) is 42.9 Å². The standard InChI is InChI=1S/C38H52N8O15S4/c1-22-17-26(61-16-4-6-32(47)40-14-15-42-36(49)30(21-64(56,57)58)45-35(48)28(39)20-63(53,54)55)18-23(2)33(22)65(59,60)46-29(38(51)52)19-43-37(50)31-12-11-27(62-31)10-9-25-8-7-24-5-3-13-41-34(24)44-25/h7-8,11-12,17-18,28-30,46H,3-6,9-10,13-16,19-21,39H2,1-2H3,(H,40,47)(H,41,44)(H,42,49)(H,43,50)(H,45,48)(H,51,52)(H,53,54,55)(H,56,57,58)/t28-,29-,30?/m0/s1. The highest BCUT2D eigenvalue weighted by Gasteiger charge is 2.31. The number of ether oxygens (including phenoxy) is 1. The van der Waals surface area contributed by atoms with Crippen molar-refractivity contribution < 1.29 is 68.2 Å². The average molecular weight is 989 g/mol. The number of benzene rings is 1. The topological polar surface area (TPSA) is 369 Å². The van der Waals surface area contributed by atoms with E-state index < -0.39 is 96.0 Å². The number of carboxylic acids is 1. The summed E-state index contributed by atoms with van der Waals surface area (Å²) < 4.78 is 97.6. The van der Waals surface area contributed by atoms with Crippen molar-refractivity contribution in [3.8, 4) is 5.75 Å². The lowest BCUT2D eigenvalue weighted by atomic mass is 10.1. The first-order chi connectivity index (χ1) is 30.4. The summed E-state index contributed by atoms with van der Waals surface area (Å²) in [7, 11) is -13.9. The molecule has 1 aromatic carbocycles. The predicted molar refractivity (Wildman–Crippen MR) is 236 cm³/mol. The molecule has 65 heavy (non-hydrogen) atoms. The second-order valence-electron chi connectivity index (χ2n) is 15.0. The fourth-order valence-corrected chi connectivity index (χ4v) is 10.3. The third kappa shape index (κ3) is 17.2. The molecule has 1 aliphatic rings. The molecule has 1 aliphatic heterocycles. The minimum Gasteiger partial charge on any atom is -0.494 e. The summed E-state index contributed by atoms with van der Waals surface area (Å²) in [6, 6.07) is 4.89. The Morgan fingerprint density at radius 2 is 1.55 bits per heavy atom. The van der Waals surface area contributed by atoms with Crippen molar-refractivity contribution in [2.45, 2.75) is 75.4 Å². The number of nitrogens with two attached hydrogens (primary N) is 1. The lowest BCUT2D eigenvalue weighted by molar-refractivity contribution is -0.138. The summed E-state index contributed by atoms with van der Waals surface area (Å²) >= 11 is 1.25. The highest BCUT2D eigenvalue weighted by molar-refractivity contribution is 7.89. The molecule has 4 rings (SSSR count). The third-order valence-corrected chi connectivity index (χ3v) is 14.0. The Kier molecular flexibility index (Phi) is 18.7. The van der Waals surface area contributed by atoms with Crippen molar-refractivity contribution >= 4 is 77.0 Å². The maximum atomic E-state index is 13.5. The molecule has 0 spiro atoms. The largest absolute Gasteiger partial charge is 0.494 e. The molecule has 1 unspecified atom stereocenters. The van der Waals surface area contributed by atoms with Crippen molar-refractivity contribution in [1.82, 2.24) is 31.0 Å². The number of nitrogens with one attached hydrogen (secondary N) is 6. The first-order valence-corrected chi connectivity index (χ1v) is 25.5. The van der Waals surface area contributed by atoms with E-state index in [0.717, 1.165) is 35.8 Å². The fourth-order valence-electron chi connectivity index (χ4n) is 6.52. The number of carbonyl (C=O) groups is 5. The first-order valence-electron chi connectivity index (χ1n) is 20.0. The van der Waals surface area contributed by atoms with Gasteiger partial charge in [-0.2, -0.15) is 21.6 Å². The molecule has 3 atom stereocenters. The second kappa shape index (κ2) is 23.2. The quantitative estimate of drug-likeness (QED) is 0.0361. The van der Waals surface area contributed by atoms with Gasteiger partial charge in [0.05, 0.1) is 22.1 Å². The number of fused-ring (bicyclic) bond motifs is 1. The van der Waals surface area contributed by atoms with E-state index in [4.69, 9.17) is 24.6 Å². The normalized spacial score (nSPS) is 14.2. The van der Waals surface area contributed by atoms with Crippen LogP contribution in [0.4, 0.5) is 5.82 Å². The summed E-state index contributed by atoms with van der Waals surface area (Å²) in [5.74, 6) is -6.31. The molecule has 0 aliphatic carbocycles. The Morgan fingerprint density at radius 1 is 0.877 bits per heavy atom. The Bertz CT molecular complexity index is 2550. The number of aromatic nitrogens is 1. The number of carboxylic acid groups (broad SMARTS) is 1. The van der Waals surface area contributed by atoms with E-state index in [0.29, 0.717) is 17.7 Å². The van der Waals surface area contributed by atoms with E-state index >= 15 is 0 Å². The van der Waals surface area contributed by atoms with Gasteiger partial charge in [0.15, 0.2) is 0 Å². The molecule has 23 nitrogen and oxygen atoms in total. The van der Waals surface area contributed by atoms with E-state index in [-0.39, 0.29) is 54.3 Å². The van der Waals surface area contributed by atoms with E-state index in [2.05, 4.69) is 32.1 Å². The summed E-state index contributed by atoms with van der Waals surface area (Å²) in [5, 5.41) is 22.3. The molecule has 11 N–H and O–H groups in total. The number of amides is 4. The highest BCUT2D eigenvalue weighted by atomic mass is 32.2. The van der Waals surface area contributed by atoms with Crippen LogP contribution in [0.3, 0.4) is 0 Å². The molecular formula is C38H52N8O15S4. The van der Waals surface area contributed by atoms with Crippen molar-refractivity contribution in [3.63, 3.8) is 0 Å². The maximum absolute atomic E-state index is 13.5. The predicted octanol–water partition coefficient (Wildman–Crippen LogP) is -0.956. The zero-order chi connectivity index (χ0) is 48.1. The Morgan fingerprint density at radius 3 is 2.22 bits per heavy atom. The number of aliphatic carboxylic acids is 1. The highest BCUT2D eigenvalue weighted by Crippen LogP contribution is 2.27. The molecular weight excluding hydrogens is 937 g/mol. The minimum absolute atomic E-state index is 0.0141. The van der Waals surface area contributed by atoms with Gasteiger partial charge in [-0.25, -0.2) is 13.4 Å². The van der Waals surface area contributed by atoms with Gasteiger partial charge in [0.1, 0.15) is 35.4 Å². The van der Waals surface area contributed by atoms with E-state index in [9.17, 15) is 54.3 Å². The number of aryl methyl sites for hydroxylation is 5. The van der Waals surface area contributed by atoms with Crippen LogP contribution >= 0.6 is 11.3 Å². The van der Waals surface area contributed by atoms with Crippen LogP contribution in [0.2, 0.25) is 0 Å². The van der Waals surface area contributed by atoms with Crippen molar-refractivity contribution in [2.75, 3.05) is 49.6 Å². The number of sulfonamides is 1. The summed E-state index contributed by atoms with van der Waals surface area (Å²) in [6.07, 6.45) is 3.48. The zero-order valence-corrected chi connectivity index (χ0v) is 38.6. The summed E-state index contributed by atoms with van der Waals surface area (Å²) in [5.41, 5.74) is 7.93. The molecule has 0 bridgehead atoms. The van der Waals surface area contributed by atoms with E-state index in [1.54, 1.807) is 6.07 Å². The van der Waals surface area contributed by atoms with Crippen molar-refractivity contribution in [2.24, 2.45) is 5.73 Å². The van der Waals surface area contributed by atoms with Crippen LogP contribution < -0.4 is 41.8 Å². The second-order valence-corrected chi connectivity index (χ2v) is 20.8. The zero-order valence-electron chi connectivity index (χ0n) is 35.3. The van der Waals surface area contributed by atoms with Crippen LogP contribution in [-0.4, -0.2) is 136 Å². The van der Waals surface area contributed by atoms with Crippen molar-refractivity contribution in [3.05, 3.63) is 68.5 Å². The Labute approximate surface area is 379 Å². The van der Waals surface area contributed by atoms with Crippen LogP contribution in [-0.2, 0) is 68.7 Å². The third-order valence-electron chi connectivity index (χ3n) is 9.53. The monoisotopic (exact) mass is 988 g/mol. The minimum atomic E-state index is -4.82. The molecule has 27 heteroatoms. The molecule has 0 saturated carbocycles. The number of hydrogen-bond donors (Lipinski definition) is 10. The van der Waals surface area contributed by atoms with Crippen LogP contribution in [0, 0.1) is 13.8 Å². The molecule has 358 valence electrons. The van der Waals surface area contributed by atoms with Crippen LogP contribution in [0.1, 0.15) is 56.2 Å². The van der Waals surface area contributed by atoms with Crippen LogP contribution in [0.15, 0.2) is 41.3 Å². The molecule has 0 fully saturated rings. The number of nitrogens with zero attached hydrogens (tertiary/aromatic N) is 1. The lowest BCUT2D eigenvalue weighted by Crippen LogP contribution is -2.56. The fraction of sp³-hybridized carbons (Fsp3) is 0.474. The number of hydrogen-bond acceptors (Lipinski definition) is 16. The Hall–Kier alpha value is -5.29. The first kappa shape index (κ1) is 52.3. The molecule has 2 aromatic heterocycles.